The second-order valence-corrected chi connectivity index (χ2v) is 6.33. The molecule has 1 aliphatic rings. The minimum Gasteiger partial charge on any atom is -0.349 e. The van der Waals surface area contributed by atoms with Gasteiger partial charge in [-0.25, -0.2) is 0 Å². The summed E-state index contributed by atoms with van der Waals surface area (Å²) in [5, 5.41) is 5.83. The van der Waals surface area contributed by atoms with Gasteiger partial charge in [0, 0.05) is 12.5 Å². The van der Waals surface area contributed by atoms with Crippen molar-refractivity contribution in [2.45, 2.75) is 38.6 Å². The Labute approximate surface area is 142 Å². The number of benzene rings is 2. The molecule has 0 saturated heterocycles. The van der Waals surface area contributed by atoms with E-state index in [0.717, 1.165) is 18.4 Å². The largest absolute Gasteiger partial charge is 0.349 e. The number of rotatable bonds is 6. The highest BCUT2D eigenvalue weighted by molar-refractivity contribution is 6.03. The second kappa shape index (κ2) is 7.30. The number of amides is 2. The van der Waals surface area contributed by atoms with E-state index in [0.29, 0.717) is 30.1 Å². The highest BCUT2D eigenvalue weighted by Crippen LogP contribution is 2.21. The summed E-state index contributed by atoms with van der Waals surface area (Å²) in [6.45, 7) is 2.04. The van der Waals surface area contributed by atoms with Crippen molar-refractivity contribution in [1.29, 1.82) is 0 Å². The van der Waals surface area contributed by atoms with Crippen LogP contribution in [0, 0.1) is 6.92 Å². The SMILES string of the molecule is Cc1cccc(CCC(=O)Nc2ccccc2C(=O)NC2CC2)c1. The quantitative estimate of drug-likeness (QED) is 0.855. The molecule has 2 amide bonds. The van der Waals surface area contributed by atoms with Crippen LogP contribution in [-0.2, 0) is 11.2 Å². The van der Waals surface area contributed by atoms with Crippen LogP contribution in [0.25, 0.3) is 0 Å². The third-order valence-corrected chi connectivity index (χ3v) is 4.08. The Morgan fingerprint density at radius 2 is 1.88 bits per heavy atom. The van der Waals surface area contributed by atoms with Gasteiger partial charge >= 0.3 is 0 Å². The number of nitrogens with one attached hydrogen (secondary N) is 2. The number of aryl methyl sites for hydroxylation is 2. The summed E-state index contributed by atoms with van der Waals surface area (Å²) in [5.41, 5.74) is 3.43. The van der Waals surface area contributed by atoms with Crippen LogP contribution in [0.15, 0.2) is 48.5 Å². The molecule has 1 fully saturated rings. The van der Waals surface area contributed by atoms with E-state index >= 15 is 0 Å². The van der Waals surface area contributed by atoms with Crippen LogP contribution in [-0.4, -0.2) is 17.9 Å². The molecule has 4 heteroatoms. The summed E-state index contributed by atoms with van der Waals surface area (Å²) < 4.78 is 0. The Balaban J connectivity index is 1.60. The first kappa shape index (κ1) is 16.2. The van der Waals surface area contributed by atoms with Crippen LogP contribution in [0.3, 0.4) is 0 Å². The van der Waals surface area contributed by atoms with Gasteiger partial charge in [-0.3, -0.25) is 9.59 Å². The van der Waals surface area contributed by atoms with Crippen molar-refractivity contribution in [3.8, 4) is 0 Å². The molecule has 24 heavy (non-hydrogen) atoms. The number of carbonyl (C=O) groups excluding carboxylic acids is 2. The average Bonchev–Trinajstić information content (AvgIpc) is 3.37. The maximum atomic E-state index is 12.3. The van der Waals surface area contributed by atoms with E-state index in [2.05, 4.69) is 16.7 Å². The summed E-state index contributed by atoms with van der Waals surface area (Å²) in [6, 6.07) is 15.6. The maximum absolute atomic E-state index is 12.3. The maximum Gasteiger partial charge on any atom is 0.253 e. The third-order valence-electron chi connectivity index (χ3n) is 4.08. The molecule has 2 aromatic rings. The topological polar surface area (TPSA) is 58.2 Å². The first-order valence-corrected chi connectivity index (χ1v) is 8.37. The smallest absolute Gasteiger partial charge is 0.253 e. The van der Waals surface area contributed by atoms with Crippen molar-refractivity contribution in [2.75, 3.05) is 5.32 Å². The van der Waals surface area contributed by atoms with E-state index in [9.17, 15) is 9.59 Å². The molecule has 0 heterocycles. The van der Waals surface area contributed by atoms with E-state index in [1.165, 1.54) is 5.56 Å². The molecule has 0 radical (unpaired) electrons. The lowest BCUT2D eigenvalue weighted by Gasteiger charge is -2.11. The van der Waals surface area contributed by atoms with Crippen LogP contribution in [0.1, 0.15) is 40.7 Å². The standard InChI is InChI=1S/C20H22N2O2/c1-14-5-4-6-15(13-14)9-12-19(23)22-18-8-3-2-7-17(18)20(24)21-16-10-11-16/h2-8,13,16H,9-12H2,1H3,(H,21,24)(H,22,23). The van der Waals surface area contributed by atoms with Gasteiger partial charge in [-0.05, 0) is 43.9 Å². The number of hydrogen-bond donors (Lipinski definition) is 2. The molecule has 2 aromatic carbocycles. The lowest BCUT2D eigenvalue weighted by Crippen LogP contribution is -2.27. The molecule has 2 N–H and O–H groups in total. The lowest BCUT2D eigenvalue weighted by atomic mass is 10.1. The Kier molecular flexibility index (Phi) is 4.94. The Bertz CT molecular complexity index is 751. The molecule has 124 valence electrons. The van der Waals surface area contributed by atoms with Gasteiger partial charge in [-0.15, -0.1) is 0 Å². The zero-order valence-electron chi connectivity index (χ0n) is 13.8. The van der Waals surface area contributed by atoms with Gasteiger partial charge in [-0.2, -0.15) is 0 Å². The van der Waals surface area contributed by atoms with Crippen LogP contribution >= 0.6 is 0 Å². The summed E-state index contributed by atoms with van der Waals surface area (Å²) in [5.74, 6) is -0.199. The normalized spacial score (nSPS) is 13.4. The Morgan fingerprint density at radius 1 is 1.08 bits per heavy atom. The number of hydrogen-bond acceptors (Lipinski definition) is 2. The minimum atomic E-state index is -0.118. The van der Waals surface area contributed by atoms with E-state index in [-0.39, 0.29) is 11.8 Å². The molecular formula is C20H22N2O2. The molecule has 4 nitrogen and oxygen atoms in total. The predicted octanol–water partition coefficient (Wildman–Crippen LogP) is 3.46. The minimum absolute atomic E-state index is 0.0804. The molecule has 0 atom stereocenters. The first-order chi connectivity index (χ1) is 11.6. The zero-order chi connectivity index (χ0) is 16.9. The van der Waals surface area contributed by atoms with Crippen molar-refractivity contribution in [3.63, 3.8) is 0 Å². The van der Waals surface area contributed by atoms with Gasteiger partial charge in [0.05, 0.1) is 11.3 Å². The highest BCUT2D eigenvalue weighted by Gasteiger charge is 2.24. The van der Waals surface area contributed by atoms with Crippen molar-refractivity contribution in [2.24, 2.45) is 0 Å². The Morgan fingerprint density at radius 3 is 2.62 bits per heavy atom. The van der Waals surface area contributed by atoms with Crippen LogP contribution in [0.5, 0.6) is 0 Å². The highest BCUT2D eigenvalue weighted by atomic mass is 16.2. The van der Waals surface area contributed by atoms with E-state index in [1.807, 2.05) is 37.3 Å². The number of anilines is 1. The number of para-hydroxylation sites is 1. The van der Waals surface area contributed by atoms with Gasteiger partial charge in [0.15, 0.2) is 0 Å². The molecule has 0 bridgehead atoms. The van der Waals surface area contributed by atoms with Crippen LogP contribution in [0.2, 0.25) is 0 Å². The predicted molar refractivity (Wildman–Crippen MR) is 95.1 cm³/mol. The van der Waals surface area contributed by atoms with E-state index in [1.54, 1.807) is 12.1 Å². The van der Waals surface area contributed by atoms with Crippen molar-refractivity contribution in [1.82, 2.24) is 5.32 Å². The van der Waals surface area contributed by atoms with Gasteiger partial charge < -0.3 is 10.6 Å². The molecule has 3 rings (SSSR count). The van der Waals surface area contributed by atoms with Crippen molar-refractivity contribution < 1.29 is 9.59 Å². The third kappa shape index (κ3) is 4.44. The first-order valence-electron chi connectivity index (χ1n) is 8.37. The van der Waals surface area contributed by atoms with Crippen LogP contribution in [0.4, 0.5) is 5.69 Å². The summed E-state index contributed by atoms with van der Waals surface area (Å²) in [4.78, 5) is 24.5. The molecule has 0 unspecified atom stereocenters. The molecule has 0 spiro atoms. The van der Waals surface area contributed by atoms with E-state index in [4.69, 9.17) is 0 Å². The number of carbonyl (C=O) groups is 2. The average molecular weight is 322 g/mol. The fourth-order valence-corrected chi connectivity index (χ4v) is 2.62. The van der Waals surface area contributed by atoms with Gasteiger partial charge in [0.1, 0.15) is 0 Å². The van der Waals surface area contributed by atoms with Gasteiger partial charge in [0.25, 0.3) is 5.91 Å². The molecular weight excluding hydrogens is 300 g/mol. The molecule has 0 aromatic heterocycles. The van der Waals surface area contributed by atoms with Gasteiger partial charge in [0.2, 0.25) is 5.91 Å². The fraction of sp³-hybridized carbons (Fsp3) is 0.300. The Hall–Kier alpha value is -2.62. The monoisotopic (exact) mass is 322 g/mol. The molecule has 0 aliphatic heterocycles. The van der Waals surface area contributed by atoms with Gasteiger partial charge in [-0.1, -0.05) is 42.0 Å². The van der Waals surface area contributed by atoms with E-state index < -0.39 is 0 Å². The summed E-state index contributed by atoms with van der Waals surface area (Å²) >= 11 is 0. The molecule has 1 aliphatic carbocycles. The van der Waals surface area contributed by atoms with Crippen LogP contribution < -0.4 is 10.6 Å². The summed E-state index contributed by atoms with van der Waals surface area (Å²) in [6.07, 6.45) is 3.15. The lowest BCUT2D eigenvalue weighted by molar-refractivity contribution is -0.116. The van der Waals surface area contributed by atoms with Crippen molar-refractivity contribution >= 4 is 17.5 Å². The molecule has 1 saturated carbocycles. The van der Waals surface area contributed by atoms with Crippen molar-refractivity contribution in [3.05, 3.63) is 65.2 Å². The second-order valence-electron chi connectivity index (χ2n) is 6.33. The fourth-order valence-electron chi connectivity index (χ4n) is 2.62. The summed E-state index contributed by atoms with van der Waals surface area (Å²) in [7, 11) is 0. The zero-order valence-corrected chi connectivity index (χ0v) is 13.8.